The fourth-order valence-electron chi connectivity index (χ4n) is 1.51. The summed E-state index contributed by atoms with van der Waals surface area (Å²) in [6.45, 7) is 0. The van der Waals surface area contributed by atoms with Crippen molar-refractivity contribution in [3.8, 4) is 5.75 Å². The molecular formula is C13H12ClFN2O. The van der Waals surface area contributed by atoms with Crippen LogP contribution in [-0.2, 0) is 0 Å². The molecule has 2 aromatic carbocycles. The maximum absolute atomic E-state index is 13.0. The molecule has 0 radical (unpaired) electrons. The Kier molecular flexibility index (Phi) is 3.58. The van der Waals surface area contributed by atoms with Gasteiger partial charge in [-0.1, -0.05) is 11.6 Å². The lowest BCUT2D eigenvalue weighted by molar-refractivity contribution is 0.415. The maximum atomic E-state index is 13.0. The second kappa shape index (κ2) is 5.14. The number of nitrogens with one attached hydrogen (secondary N) is 1. The van der Waals surface area contributed by atoms with Crippen molar-refractivity contribution >= 4 is 28.7 Å². The molecule has 2 aromatic rings. The second-order valence-corrected chi connectivity index (χ2v) is 4.11. The van der Waals surface area contributed by atoms with Crippen LogP contribution in [0.2, 0.25) is 5.02 Å². The quantitative estimate of drug-likeness (QED) is 0.831. The Hall–Kier alpha value is -1.94. The molecule has 0 spiro atoms. The molecule has 2 rings (SSSR count). The molecule has 0 aromatic heterocycles. The molecule has 0 saturated heterocycles. The number of benzene rings is 2. The lowest BCUT2D eigenvalue weighted by Crippen LogP contribution is -1.97. The highest BCUT2D eigenvalue weighted by atomic mass is 35.5. The van der Waals surface area contributed by atoms with Crippen molar-refractivity contribution in [2.24, 2.45) is 0 Å². The first kappa shape index (κ1) is 12.5. The van der Waals surface area contributed by atoms with E-state index in [1.807, 2.05) is 0 Å². The molecule has 0 aliphatic heterocycles. The van der Waals surface area contributed by atoms with Crippen LogP contribution in [0.15, 0.2) is 36.4 Å². The highest BCUT2D eigenvalue weighted by Gasteiger charge is 2.04. The van der Waals surface area contributed by atoms with Gasteiger partial charge in [0.1, 0.15) is 11.6 Å². The Labute approximate surface area is 109 Å². The van der Waals surface area contributed by atoms with Crippen molar-refractivity contribution in [3.05, 3.63) is 47.2 Å². The summed E-state index contributed by atoms with van der Waals surface area (Å²) < 4.78 is 18.1. The Morgan fingerprint density at radius 1 is 1.22 bits per heavy atom. The van der Waals surface area contributed by atoms with E-state index in [4.69, 9.17) is 22.1 Å². The lowest BCUT2D eigenvalue weighted by atomic mass is 10.2. The molecule has 0 aliphatic rings. The number of nitrogen functional groups attached to an aromatic ring is 1. The number of nitrogens with two attached hydrogens (primary N) is 1. The summed E-state index contributed by atoms with van der Waals surface area (Å²) in [5.74, 6) is 0.222. The average Bonchev–Trinajstić information content (AvgIpc) is 2.36. The van der Waals surface area contributed by atoms with Crippen molar-refractivity contribution in [2.45, 2.75) is 0 Å². The molecule has 5 heteroatoms. The van der Waals surface area contributed by atoms with Crippen LogP contribution >= 0.6 is 11.6 Å². The van der Waals surface area contributed by atoms with Gasteiger partial charge < -0.3 is 15.8 Å². The largest absolute Gasteiger partial charge is 0.497 e. The summed E-state index contributed by atoms with van der Waals surface area (Å²) in [5.41, 5.74) is 7.77. The number of halogens is 2. The van der Waals surface area contributed by atoms with E-state index in [1.165, 1.54) is 12.1 Å². The first-order valence-electron chi connectivity index (χ1n) is 5.26. The minimum absolute atomic E-state index is 0.0621. The van der Waals surface area contributed by atoms with E-state index < -0.39 is 5.82 Å². The van der Waals surface area contributed by atoms with E-state index >= 15 is 0 Å². The minimum atomic E-state index is -0.454. The summed E-state index contributed by atoms with van der Waals surface area (Å²) in [6, 6.07) is 9.65. The van der Waals surface area contributed by atoms with Crippen molar-refractivity contribution in [1.29, 1.82) is 0 Å². The number of hydrogen-bond donors (Lipinski definition) is 2. The lowest BCUT2D eigenvalue weighted by Gasteiger charge is -2.11. The smallest absolute Gasteiger partial charge is 0.141 e. The predicted molar refractivity (Wildman–Crippen MR) is 72.1 cm³/mol. The molecule has 0 heterocycles. The molecule has 0 aliphatic carbocycles. The number of anilines is 3. The molecule has 0 fully saturated rings. The molecular weight excluding hydrogens is 255 g/mol. The fraction of sp³-hybridized carbons (Fsp3) is 0.0769. The maximum Gasteiger partial charge on any atom is 0.141 e. The fourth-order valence-corrected chi connectivity index (χ4v) is 1.69. The topological polar surface area (TPSA) is 47.3 Å². The van der Waals surface area contributed by atoms with Gasteiger partial charge in [-0.3, -0.25) is 0 Å². The van der Waals surface area contributed by atoms with Gasteiger partial charge in [-0.05, 0) is 30.3 Å². The van der Waals surface area contributed by atoms with Crippen LogP contribution in [0.5, 0.6) is 5.75 Å². The number of methoxy groups -OCH3 is 1. The van der Waals surface area contributed by atoms with E-state index in [-0.39, 0.29) is 5.02 Å². The average molecular weight is 267 g/mol. The Balaban J connectivity index is 2.25. The van der Waals surface area contributed by atoms with Gasteiger partial charge in [0.25, 0.3) is 0 Å². The van der Waals surface area contributed by atoms with Crippen molar-refractivity contribution in [3.63, 3.8) is 0 Å². The first-order chi connectivity index (χ1) is 8.60. The van der Waals surface area contributed by atoms with E-state index in [1.54, 1.807) is 31.4 Å². The number of ether oxygens (including phenoxy) is 1. The van der Waals surface area contributed by atoms with Crippen LogP contribution in [0.4, 0.5) is 21.5 Å². The Bertz CT molecular complexity index is 575. The zero-order chi connectivity index (χ0) is 13.1. The molecule has 18 heavy (non-hydrogen) atoms. The van der Waals surface area contributed by atoms with Crippen LogP contribution in [0, 0.1) is 5.82 Å². The van der Waals surface area contributed by atoms with Gasteiger partial charge in [0, 0.05) is 11.8 Å². The summed E-state index contributed by atoms with van der Waals surface area (Å²) in [7, 11) is 1.57. The molecule has 94 valence electrons. The number of rotatable bonds is 3. The number of hydrogen-bond acceptors (Lipinski definition) is 3. The third kappa shape index (κ3) is 2.65. The molecule has 3 N–H and O–H groups in total. The highest BCUT2D eigenvalue weighted by molar-refractivity contribution is 6.31. The molecule has 0 atom stereocenters. The summed E-state index contributed by atoms with van der Waals surface area (Å²) in [6.07, 6.45) is 0. The van der Waals surface area contributed by atoms with E-state index in [2.05, 4.69) is 5.32 Å². The molecule has 0 bridgehead atoms. The third-order valence-electron chi connectivity index (χ3n) is 2.46. The summed E-state index contributed by atoms with van der Waals surface area (Å²) in [4.78, 5) is 0. The van der Waals surface area contributed by atoms with Crippen molar-refractivity contribution < 1.29 is 9.13 Å². The SMILES string of the molecule is COc1ccc(Nc2ccc(F)c(Cl)c2)c(N)c1. The van der Waals surface area contributed by atoms with Crippen LogP contribution in [0.1, 0.15) is 0 Å². The second-order valence-electron chi connectivity index (χ2n) is 3.71. The normalized spacial score (nSPS) is 10.2. The van der Waals surface area contributed by atoms with Crippen LogP contribution in [0.3, 0.4) is 0 Å². The zero-order valence-electron chi connectivity index (χ0n) is 9.71. The van der Waals surface area contributed by atoms with Gasteiger partial charge in [0.2, 0.25) is 0 Å². The van der Waals surface area contributed by atoms with Crippen molar-refractivity contribution in [1.82, 2.24) is 0 Å². The van der Waals surface area contributed by atoms with E-state index in [9.17, 15) is 4.39 Å². The minimum Gasteiger partial charge on any atom is -0.497 e. The van der Waals surface area contributed by atoms with E-state index in [0.717, 1.165) is 0 Å². The van der Waals surface area contributed by atoms with Gasteiger partial charge >= 0.3 is 0 Å². The highest BCUT2D eigenvalue weighted by Crippen LogP contribution is 2.28. The van der Waals surface area contributed by atoms with Gasteiger partial charge in [0.15, 0.2) is 0 Å². The zero-order valence-corrected chi connectivity index (χ0v) is 10.5. The van der Waals surface area contributed by atoms with Crippen LogP contribution in [0.25, 0.3) is 0 Å². The first-order valence-corrected chi connectivity index (χ1v) is 5.63. The van der Waals surface area contributed by atoms with Crippen LogP contribution in [-0.4, -0.2) is 7.11 Å². The van der Waals surface area contributed by atoms with Gasteiger partial charge in [-0.2, -0.15) is 0 Å². The van der Waals surface area contributed by atoms with Crippen LogP contribution < -0.4 is 15.8 Å². The third-order valence-corrected chi connectivity index (χ3v) is 2.75. The Morgan fingerprint density at radius 3 is 2.61 bits per heavy atom. The van der Waals surface area contributed by atoms with Gasteiger partial charge in [0.05, 0.1) is 23.5 Å². The van der Waals surface area contributed by atoms with Gasteiger partial charge in [-0.25, -0.2) is 4.39 Å². The summed E-state index contributed by atoms with van der Waals surface area (Å²) in [5, 5.41) is 3.12. The van der Waals surface area contributed by atoms with Gasteiger partial charge in [-0.15, -0.1) is 0 Å². The predicted octanol–water partition coefficient (Wildman–Crippen LogP) is 3.81. The molecule has 0 saturated carbocycles. The Morgan fingerprint density at radius 2 is 2.00 bits per heavy atom. The monoisotopic (exact) mass is 266 g/mol. The van der Waals surface area contributed by atoms with E-state index in [0.29, 0.717) is 22.8 Å². The molecule has 0 unspecified atom stereocenters. The summed E-state index contributed by atoms with van der Waals surface area (Å²) >= 11 is 5.70. The molecule has 0 amide bonds. The molecule has 3 nitrogen and oxygen atoms in total. The standard InChI is InChI=1S/C13H12ClFN2O/c1-18-9-3-5-13(12(16)7-9)17-8-2-4-11(15)10(14)6-8/h2-7,17H,16H2,1H3. The van der Waals surface area contributed by atoms with Crippen molar-refractivity contribution in [2.75, 3.05) is 18.2 Å².